The summed E-state index contributed by atoms with van der Waals surface area (Å²) in [6.07, 6.45) is 0. The molecule has 106 valence electrons. The van der Waals surface area contributed by atoms with Gasteiger partial charge in [0.1, 0.15) is 34.0 Å². The number of benzene rings is 2. The van der Waals surface area contributed by atoms with E-state index in [2.05, 4.69) is 0 Å². The maximum atomic E-state index is 12.1. The van der Waals surface area contributed by atoms with Crippen LogP contribution in [0.25, 0.3) is 22.3 Å². The average Bonchev–Trinajstić information content (AvgIpc) is 2.43. The molecule has 0 aliphatic rings. The highest BCUT2D eigenvalue weighted by atomic mass is 16.4. The van der Waals surface area contributed by atoms with Crippen molar-refractivity contribution in [3.63, 3.8) is 0 Å². The Labute approximate surface area is 117 Å². The minimum Gasteiger partial charge on any atom is -0.867 e. The van der Waals surface area contributed by atoms with Gasteiger partial charge >= 0.3 is 0 Å². The first-order chi connectivity index (χ1) is 9.97. The molecule has 21 heavy (non-hydrogen) atoms. The minimum absolute atomic E-state index is 0.00428. The van der Waals surface area contributed by atoms with Crippen LogP contribution in [-0.4, -0.2) is 15.3 Å². The lowest BCUT2D eigenvalue weighted by Gasteiger charge is -2.13. The second kappa shape index (κ2) is 4.45. The highest BCUT2D eigenvalue weighted by Crippen LogP contribution is 2.34. The standard InChI is InChI=1S/C15H10O6/c16-8-3-1-7(2-4-8)15-14(20)13(19)12-10(18)5-9(17)6-11(12)21-15/h1-6,16-18,20H/p-1. The van der Waals surface area contributed by atoms with Crippen molar-refractivity contribution < 1.29 is 24.8 Å². The second-order valence-electron chi connectivity index (χ2n) is 4.47. The molecule has 3 rings (SSSR count). The van der Waals surface area contributed by atoms with Gasteiger partial charge in [-0.3, -0.25) is 4.79 Å². The lowest BCUT2D eigenvalue weighted by atomic mass is 10.1. The van der Waals surface area contributed by atoms with Crippen molar-refractivity contribution in [2.24, 2.45) is 0 Å². The molecule has 0 atom stereocenters. The van der Waals surface area contributed by atoms with E-state index < -0.39 is 16.9 Å². The van der Waals surface area contributed by atoms with Crippen molar-refractivity contribution in [3.05, 3.63) is 46.6 Å². The fourth-order valence-corrected chi connectivity index (χ4v) is 2.07. The molecule has 6 heteroatoms. The Kier molecular flexibility index (Phi) is 2.72. The van der Waals surface area contributed by atoms with Crippen LogP contribution in [0, 0.1) is 0 Å². The number of aromatic hydroxyl groups is 3. The van der Waals surface area contributed by atoms with Crippen LogP contribution in [0.1, 0.15) is 0 Å². The molecule has 1 heterocycles. The van der Waals surface area contributed by atoms with Crippen LogP contribution >= 0.6 is 0 Å². The van der Waals surface area contributed by atoms with Gasteiger partial charge in [0.15, 0.2) is 5.43 Å². The molecule has 2 aromatic carbocycles. The van der Waals surface area contributed by atoms with Crippen molar-refractivity contribution in [1.29, 1.82) is 0 Å². The third-order valence-corrected chi connectivity index (χ3v) is 3.05. The number of rotatable bonds is 1. The number of fused-ring (bicyclic) bond motifs is 1. The van der Waals surface area contributed by atoms with Crippen LogP contribution in [0.5, 0.6) is 23.0 Å². The van der Waals surface area contributed by atoms with E-state index in [0.717, 1.165) is 12.1 Å². The maximum Gasteiger partial charge on any atom is 0.189 e. The minimum atomic E-state index is -0.920. The summed E-state index contributed by atoms with van der Waals surface area (Å²) in [4.78, 5) is 12.1. The molecule has 3 N–H and O–H groups in total. The van der Waals surface area contributed by atoms with Gasteiger partial charge in [0.2, 0.25) is 0 Å². The van der Waals surface area contributed by atoms with E-state index in [4.69, 9.17) is 4.42 Å². The third-order valence-electron chi connectivity index (χ3n) is 3.05. The molecule has 0 aliphatic heterocycles. The first-order valence-corrected chi connectivity index (χ1v) is 5.96. The Morgan fingerprint density at radius 3 is 2.29 bits per heavy atom. The summed E-state index contributed by atoms with van der Waals surface area (Å²) >= 11 is 0. The molecule has 0 saturated carbocycles. The summed E-state index contributed by atoms with van der Waals surface area (Å²) in [5.41, 5.74) is -0.711. The lowest BCUT2D eigenvalue weighted by Crippen LogP contribution is -2.11. The SMILES string of the molecule is O=c1c([O-])c(-c2ccc(O)cc2)oc2cc(O)cc(O)c12. The van der Waals surface area contributed by atoms with E-state index in [0.29, 0.717) is 5.56 Å². The zero-order valence-electron chi connectivity index (χ0n) is 10.5. The highest BCUT2D eigenvalue weighted by molar-refractivity contribution is 5.87. The molecule has 3 aromatic rings. The van der Waals surface area contributed by atoms with Crippen molar-refractivity contribution in [2.45, 2.75) is 0 Å². The summed E-state index contributed by atoms with van der Waals surface area (Å²) in [5, 5.41) is 40.1. The average molecular weight is 285 g/mol. The Balaban J connectivity index is 2.37. The van der Waals surface area contributed by atoms with Crippen LogP contribution in [0.15, 0.2) is 45.6 Å². The highest BCUT2D eigenvalue weighted by Gasteiger charge is 2.14. The fourth-order valence-electron chi connectivity index (χ4n) is 2.07. The first kappa shape index (κ1) is 12.9. The number of phenols is 3. The number of hydrogen-bond donors (Lipinski definition) is 3. The van der Waals surface area contributed by atoms with Crippen molar-refractivity contribution >= 4 is 11.0 Å². The quantitative estimate of drug-likeness (QED) is 0.626. The normalized spacial score (nSPS) is 10.9. The van der Waals surface area contributed by atoms with Gasteiger partial charge in [-0.1, -0.05) is 0 Å². The number of phenolic OH excluding ortho intramolecular Hbond substituents is 3. The van der Waals surface area contributed by atoms with Gasteiger partial charge in [-0.2, -0.15) is 0 Å². The molecular weight excluding hydrogens is 276 g/mol. The summed E-state index contributed by atoms with van der Waals surface area (Å²) in [6, 6.07) is 7.63. The van der Waals surface area contributed by atoms with Gasteiger partial charge in [-0.05, 0) is 30.0 Å². The predicted octanol–water partition coefficient (Wildman–Crippen LogP) is 1.65. The third kappa shape index (κ3) is 2.02. The zero-order valence-corrected chi connectivity index (χ0v) is 10.5. The Bertz CT molecular complexity index is 893. The topological polar surface area (TPSA) is 114 Å². The van der Waals surface area contributed by atoms with Gasteiger partial charge in [0.05, 0.1) is 0 Å². The van der Waals surface area contributed by atoms with E-state index in [-0.39, 0.29) is 28.2 Å². The molecule has 0 radical (unpaired) electrons. The Morgan fingerprint density at radius 1 is 0.952 bits per heavy atom. The van der Waals surface area contributed by atoms with Crippen LogP contribution in [0.4, 0.5) is 0 Å². The molecule has 6 nitrogen and oxygen atoms in total. The zero-order chi connectivity index (χ0) is 15.1. The fraction of sp³-hybridized carbons (Fsp3) is 0. The molecule has 0 aliphatic carbocycles. The van der Waals surface area contributed by atoms with E-state index in [9.17, 15) is 25.2 Å². The van der Waals surface area contributed by atoms with Crippen LogP contribution in [0.3, 0.4) is 0 Å². The van der Waals surface area contributed by atoms with E-state index in [1.165, 1.54) is 24.3 Å². The predicted molar refractivity (Wildman–Crippen MR) is 72.4 cm³/mol. The summed E-state index contributed by atoms with van der Waals surface area (Å²) in [7, 11) is 0. The van der Waals surface area contributed by atoms with Crippen LogP contribution < -0.4 is 10.5 Å². The van der Waals surface area contributed by atoms with Crippen molar-refractivity contribution in [2.75, 3.05) is 0 Å². The molecule has 0 saturated heterocycles. The van der Waals surface area contributed by atoms with Crippen molar-refractivity contribution in [3.8, 4) is 34.3 Å². The van der Waals surface area contributed by atoms with Crippen molar-refractivity contribution in [1.82, 2.24) is 0 Å². The summed E-state index contributed by atoms with van der Waals surface area (Å²) in [5.74, 6) is -1.94. The van der Waals surface area contributed by atoms with E-state index in [1.54, 1.807) is 0 Å². The molecule has 0 bridgehead atoms. The van der Waals surface area contributed by atoms with E-state index >= 15 is 0 Å². The number of hydrogen-bond acceptors (Lipinski definition) is 6. The van der Waals surface area contributed by atoms with Gasteiger partial charge in [0, 0.05) is 17.7 Å². The molecule has 0 fully saturated rings. The van der Waals surface area contributed by atoms with E-state index in [1.807, 2.05) is 0 Å². The first-order valence-electron chi connectivity index (χ1n) is 5.96. The Morgan fingerprint density at radius 2 is 1.62 bits per heavy atom. The molecule has 0 spiro atoms. The second-order valence-corrected chi connectivity index (χ2v) is 4.47. The smallest absolute Gasteiger partial charge is 0.189 e. The van der Waals surface area contributed by atoms with Gasteiger partial charge in [0.25, 0.3) is 0 Å². The molecule has 0 unspecified atom stereocenters. The van der Waals surface area contributed by atoms with Gasteiger partial charge in [-0.25, -0.2) is 0 Å². The largest absolute Gasteiger partial charge is 0.867 e. The lowest BCUT2D eigenvalue weighted by molar-refractivity contribution is -0.270. The van der Waals surface area contributed by atoms with Gasteiger partial charge < -0.3 is 24.8 Å². The maximum absolute atomic E-state index is 12.1. The molecular formula is C15H9O6-. The Hall–Kier alpha value is -3.15. The molecule has 1 aromatic heterocycles. The summed E-state index contributed by atoms with van der Waals surface area (Å²) in [6.45, 7) is 0. The monoisotopic (exact) mass is 285 g/mol. The summed E-state index contributed by atoms with van der Waals surface area (Å²) < 4.78 is 5.35. The van der Waals surface area contributed by atoms with Crippen LogP contribution in [0.2, 0.25) is 0 Å². The van der Waals surface area contributed by atoms with Crippen LogP contribution in [-0.2, 0) is 0 Å². The van der Waals surface area contributed by atoms with Gasteiger partial charge in [-0.15, -0.1) is 0 Å². The molecule has 0 amide bonds.